The van der Waals surface area contributed by atoms with Gasteiger partial charge in [0, 0.05) is 6.54 Å². The Morgan fingerprint density at radius 1 is 1.53 bits per heavy atom. The van der Waals surface area contributed by atoms with Crippen molar-refractivity contribution in [2.75, 3.05) is 27.7 Å². The van der Waals surface area contributed by atoms with Crippen molar-refractivity contribution in [1.29, 1.82) is 0 Å². The second-order valence-electron chi connectivity index (χ2n) is 4.05. The molecule has 1 aromatic rings. The number of carbonyl (C=O) groups is 1. The van der Waals surface area contributed by atoms with Crippen LogP contribution < -0.4 is 4.74 Å². The third-order valence-electron chi connectivity index (χ3n) is 2.42. The first-order valence-electron chi connectivity index (χ1n) is 5.16. The summed E-state index contributed by atoms with van der Waals surface area (Å²) in [5.41, 5.74) is 0.763. The molecule has 0 saturated heterocycles. The van der Waals surface area contributed by atoms with Gasteiger partial charge in [0.15, 0.2) is 0 Å². The fourth-order valence-corrected chi connectivity index (χ4v) is 2.15. The van der Waals surface area contributed by atoms with Gasteiger partial charge in [0.2, 0.25) is 0 Å². The molecule has 0 fully saturated rings. The van der Waals surface area contributed by atoms with E-state index in [1.807, 2.05) is 19.0 Å². The van der Waals surface area contributed by atoms with E-state index in [2.05, 4.69) is 15.9 Å². The Bertz CT molecular complexity index is 407. The van der Waals surface area contributed by atoms with Crippen LogP contribution in [-0.2, 0) is 4.79 Å². The number of likely N-dealkylation sites (N-methyl/N-ethyl adjacent to an activating group) is 1. The fraction of sp³-hybridized carbons (Fsp3) is 0.417. The van der Waals surface area contributed by atoms with Crippen molar-refractivity contribution in [2.45, 2.75) is 5.92 Å². The highest BCUT2D eigenvalue weighted by Crippen LogP contribution is 2.29. The zero-order chi connectivity index (χ0) is 13.0. The molecule has 0 bridgehead atoms. The zero-order valence-corrected chi connectivity index (χ0v) is 11.7. The molecule has 1 rings (SSSR count). The summed E-state index contributed by atoms with van der Waals surface area (Å²) in [5.74, 6) is -0.661. The van der Waals surface area contributed by atoms with Crippen LogP contribution in [0.3, 0.4) is 0 Å². The van der Waals surface area contributed by atoms with E-state index in [0.29, 0.717) is 12.3 Å². The zero-order valence-electron chi connectivity index (χ0n) is 10.1. The first-order chi connectivity index (χ1) is 7.95. The SMILES string of the molecule is COc1ccc(C(CN(C)C)C(=O)O)cc1Br. The van der Waals surface area contributed by atoms with Gasteiger partial charge in [-0.15, -0.1) is 0 Å². The Hall–Kier alpha value is -1.07. The number of halogens is 1. The molecule has 1 aromatic carbocycles. The lowest BCUT2D eigenvalue weighted by Crippen LogP contribution is -2.26. The Balaban J connectivity index is 3.02. The second-order valence-corrected chi connectivity index (χ2v) is 4.90. The number of benzene rings is 1. The molecule has 1 N–H and O–H groups in total. The Kier molecular flexibility index (Phi) is 4.96. The molecule has 0 radical (unpaired) electrons. The number of nitrogens with zero attached hydrogens (tertiary/aromatic N) is 1. The molecule has 1 atom stereocenters. The van der Waals surface area contributed by atoms with E-state index in [9.17, 15) is 9.90 Å². The fourth-order valence-electron chi connectivity index (χ4n) is 1.59. The van der Waals surface area contributed by atoms with Crippen LogP contribution in [-0.4, -0.2) is 43.7 Å². The lowest BCUT2D eigenvalue weighted by molar-refractivity contribution is -0.139. The van der Waals surface area contributed by atoms with Gasteiger partial charge in [-0.1, -0.05) is 6.07 Å². The van der Waals surface area contributed by atoms with Crippen LogP contribution >= 0.6 is 15.9 Å². The molecule has 0 saturated carbocycles. The van der Waals surface area contributed by atoms with Gasteiger partial charge in [-0.2, -0.15) is 0 Å². The van der Waals surface area contributed by atoms with Crippen molar-refractivity contribution in [2.24, 2.45) is 0 Å². The summed E-state index contributed by atoms with van der Waals surface area (Å²) in [4.78, 5) is 13.1. The minimum absolute atomic E-state index is 0.466. The van der Waals surface area contributed by atoms with Crippen molar-refractivity contribution >= 4 is 21.9 Å². The molecular weight excluding hydrogens is 286 g/mol. The molecule has 17 heavy (non-hydrogen) atoms. The molecular formula is C12H16BrNO3. The lowest BCUT2D eigenvalue weighted by Gasteiger charge is -2.18. The lowest BCUT2D eigenvalue weighted by atomic mass is 9.99. The molecule has 0 aromatic heterocycles. The van der Waals surface area contributed by atoms with E-state index in [1.54, 1.807) is 25.3 Å². The summed E-state index contributed by atoms with van der Waals surface area (Å²) < 4.78 is 5.88. The largest absolute Gasteiger partial charge is 0.496 e. The molecule has 5 heteroatoms. The van der Waals surface area contributed by atoms with Crippen molar-refractivity contribution in [3.63, 3.8) is 0 Å². The normalized spacial score (nSPS) is 12.5. The number of carboxylic acid groups (broad SMARTS) is 1. The molecule has 0 aliphatic carbocycles. The van der Waals surface area contributed by atoms with Crippen molar-refractivity contribution < 1.29 is 14.6 Å². The third-order valence-corrected chi connectivity index (χ3v) is 3.04. The molecule has 4 nitrogen and oxygen atoms in total. The first kappa shape index (κ1) is 14.0. The topological polar surface area (TPSA) is 49.8 Å². The summed E-state index contributed by atoms with van der Waals surface area (Å²) in [7, 11) is 5.29. The maximum atomic E-state index is 11.2. The number of hydrogen-bond donors (Lipinski definition) is 1. The summed E-state index contributed by atoms with van der Waals surface area (Å²) in [6.45, 7) is 0.466. The van der Waals surface area contributed by atoms with Crippen LogP contribution in [0.5, 0.6) is 5.75 Å². The van der Waals surface area contributed by atoms with E-state index in [4.69, 9.17) is 4.74 Å². The molecule has 0 amide bonds. The van der Waals surface area contributed by atoms with Gasteiger partial charge in [0.1, 0.15) is 5.75 Å². The predicted molar refractivity (Wildman–Crippen MR) is 69.6 cm³/mol. The van der Waals surface area contributed by atoms with Crippen molar-refractivity contribution in [3.8, 4) is 5.75 Å². The van der Waals surface area contributed by atoms with Gasteiger partial charge in [-0.05, 0) is 47.7 Å². The van der Waals surface area contributed by atoms with E-state index >= 15 is 0 Å². The minimum Gasteiger partial charge on any atom is -0.496 e. The van der Waals surface area contributed by atoms with E-state index in [0.717, 1.165) is 10.0 Å². The predicted octanol–water partition coefficient (Wildman–Crippen LogP) is 2.19. The number of hydrogen-bond acceptors (Lipinski definition) is 3. The summed E-state index contributed by atoms with van der Waals surface area (Å²) in [6, 6.07) is 5.35. The quantitative estimate of drug-likeness (QED) is 0.906. The van der Waals surface area contributed by atoms with Crippen LogP contribution in [0.4, 0.5) is 0 Å². The highest BCUT2D eigenvalue weighted by molar-refractivity contribution is 9.10. The number of carboxylic acids is 1. The van der Waals surface area contributed by atoms with Crippen LogP contribution in [0.15, 0.2) is 22.7 Å². The summed E-state index contributed by atoms with van der Waals surface area (Å²) in [5, 5.41) is 9.22. The number of ether oxygens (including phenoxy) is 1. The monoisotopic (exact) mass is 301 g/mol. The maximum Gasteiger partial charge on any atom is 0.312 e. The van der Waals surface area contributed by atoms with Crippen molar-refractivity contribution in [1.82, 2.24) is 4.90 Å². The van der Waals surface area contributed by atoms with Gasteiger partial charge < -0.3 is 14.7 Å². The van der Waals surface area contributed by atoms with Crippen LogP contribution in [0.25, 0.3) is 0 Å². The number of rotatable bonds is 5. The molecule has 0 spiro atoms. The molecule has 0 heterocycles. The molecule has 94 valence electrons. The summed E-state index contributed by atoms with van der Waals surface area (Å²) >= 11 is 3.36. The van der Waals surface area contributed by atoms with E-state index in [-0.39, 0.29) is 0 Å². The Morgan fingerprint density at radius 3 is 2.59 bits per heavy atom. The second kappa shape index (κ2) is 6.02. The third kappa shape index (κ3) is 3.71. The molecule has 0 aliphatic rings. The smallest absolute Gasteiger partial charge is 0.312 e. The van der Waals surface area contributed by atoms with E-state index < -0.39 is 11.9 Å². The van der Waals surface area contributed by atoms with Gasteiger partial charge in [-0.3, -0.25) is 4.79 Å². The van der Waals surface area contributed by atoms with Gasteiger partial charge >= 0.3 is 5.97 Å². The van der Waals surface area contributed by atoms with Crippen LogP contribution in [0.1, 0.15) is 11.5 Å². The van der Waals surface area contributed by atoms with Crippen LogP contribution in [0.2, 0.25) is 0 Å². The Labute approximate surface area is 109 Å². The average molecular weight is 302 g/mol. The molecule has 0 aliphatic heterocycles. The summed E-state index contributed by atoms with van der Waals surface area (Å²) in [6.07, 6.45) is 0. The highest BCUT2D eigenvalue weighted by Gasteiger charge is 2.21. The van der Waals surface area contributed by atoms with Gasteiger partial charge in [0.05, 0.1) is 17.5 Å². The van der Waals surface area contributed by atoms with Crippen molar-refractivity contribution in [3.05, 3.63) is 28.2 Å². The average Bonchev–Trinajstić information content (AvgIpc) is 2.25. The minimum atomic E-state index is -0.823. The van der Waals surface area contributed by atoms with Gasteiger partial charge in [0.25, 0.3) is 0 Å². The maximum absolute atomic E-state index is 11.2. The Morgan fingerprint density at radius 2 is 2.18 bits per heavy atom. The number of aliphatic carboxylic acids is 1. The molecule has 1 unspecified atom stereocenters. The van der Waals surface area contributed by atoms with Crippen LogP contribution in [0, 0.1) is 0 Å². The van der Waals surface area contributed by atoms with E-state index in [1.165, 1.54) is 0 Å². The highest BCUT2D eigenvalue weighted by atomic mass is 79.9. The first-order valence-corrected chi connectivity index (χ1v) is 5.96. The number of methoxy groups -OCH3 is 1. The standard InChI is InChI=1S/C12H16BrNO3/c1-14(2)7-9(12(15)16)8-4-5-11(17-3)10(13)6-8/h4-6,9H,7H2,1-3H3,(H,15,16). The van der Waals surface area contributed by atoms with Gasteiger partial charge in [-0.25, -0.2) is 0 Å².